The van der Waals surface area contributed by atoms with Crippen molar-refractivity contribution in [3.63, 3.8) is 0 Å². The summed E-state index contributed by atoms with van der Waals surface area (Å²) < 4.78 is 0. The molecule has 0 saturated heterocycles. The second kappa shape index (κ2) is 27.6. The normalized spacial score (nSPS) is 7.85. The van der Waals surface area contributed by atoms with Crippen LogP contribution < -0.4 is 0 Å². The van der Waals surface area contributed by atoms with E-state index < -0.39 is 0 Å². The number of nitrogens with zero attached hydrogens (tertiary/aromatic N) is 1. The van der Waals surface area contributed by atoms with E-state index in [0.29, 0.717) is 0 Å². The Kier molecular flexibility index (Phi) is 39.3. The van der Waals surface area contributed by atoms with Gasteiger partial charge in [-0.25, -0.2) is 0 Å². The Morgan fingerprint density at radius 3 is 1.70 bits per heavy atom. The molecule has 0 amide bonds. The van der Waals surface area contributed by atoms with Gasteiger partial charge >= 0.3 is 0 Å². The van der Waals surface area contributed by atoms with Gasteiger partial charge in [0.25, 0.3) is 0 Å². The fourth-order valence-electron chi connectivity index (χ4n) is 1.07. The van der Waals surface area contributed by atoms with Crippen LogP contribution in [0.4, 0.5) is 0 Å². The molecule has 0 bridgehead atoms. The van der Waals surface area contributed by atoms with E-state index in [2.05, 4.69) is 44.9 Å². The number of benzene rings is 1. The van der Waals surface area contributed by atoms with Gasteiger partial charge in [0.15, 0.2) is 0 Å². The largest absolute Gasteiger partial charge is 0.336 e. The average molecular weight is 355 g/mol. The summed E-state index contributed by atoms with van der Waals surface area (Å²) in [7, 11) is 2.10. The molecule has 1 radical (unpaired) electrons. The number of unbranched alkanes of at least 4 members (excludes halogenated alkanes) is 1. The Hall–Kier alpha value is 0.284. The minimum Gasteiger partial charge on any atom is -0.336 e. The molecule has 0 aliphatic carbocycles. The molecule has 0 aliphatic heterocycles. The maximum absolute atomic E-state index is 3.76. The van der Waals surface area contributed by atoms with Gasteiger partial charge in [-0.15, -0.1) is 6.54 Å². The van der Waals surface area contributed by atoms with Crippen molar-refractivity contribution < 1.29 is 32.7 Å². The van der Waals surface area contributed by atoms with Crippen LogP contribution in [0.3, 0.4) is 0 Å². The maximum atomic E-state index is 3.76. The zero-order valence-electron chi connectivity index (χ0n) is 14.9. The number of aryl methyl sites for hydroxylation is 1. The molecule has 0 N–H and O–H groups in total. The van der Waals surface area contributed by atoms with Crippen molar-refractivity contribution in [3.05, 3.63) is 42.8 Å². The van der Waals surface area contributed by atoms with E-state index in [0.717, 1.165) is 6.54 Å². The van der Waals surface area contributed by atoms with Crippen molar-refractivity contribution in [3.8, 4) is 0 Å². The third-order valence-corrected chi connectivity index (χ3v) is 2.22. The number of hydrogen-bond acceptors (Lipinski definition) is 1. The zero-order chi connectivity index (χ0) is 15.5. The predicted octanol–water partition coefficient (Wildman–Crippen LogP) is 5.60. The fraction of sp³-hybridized carbons (Fsp3) is 0.611. The average Bonchev–Trinajstić information content (AvgIpc) is 2.50. The number of hydrogen-bond donors (Lipinski definition) is 0. The molecular weight excluding hydrogens is 319 g/mol. The molecule has 0 saturated carbocycles. The van der Waals surface area contributed by atoms with Crippen molar-refractivity contribution in [2.24, 2.45) is 0 Å². The predicted molar refractivity (Wildman–Crippen MR) is 91.6 cm³/mol. The van der Waals surface area contributed by atoms with Gasteiger partial charge in [-0.05, 0) is 26.9 Å². The summed E-state index contributed by atoms with van der Waals surface area (Å²) in [4.78, 5) is 2.23. The van der Waals surface area contributed by atoms with Crippen molar-refractivity contribution in [1.82, 2.24) is 4.90 Å². The third-order valence-electron chi connectivity index (χ3n) is 2.22. The number of rotatable bonds is 4. The summed E-state index contributed by atoms with van der Waals surface area (Å²) in [5.41, 5.74) is 1.32. The first-order chi connectivity index (χ1) is 9.20. The molecule has 0 aliphatic rings. The minimum atomic E-state index is 0. The Bertz CT molecular complexity index is 224. The van der Waals surface area contributed by atoms with Crippen LogP contribution in [0.25, 0.3) is 0 Å². The van der Waals surface area contributed by atoms with E-state index in [4.69, 9.17) is 0 Å². The molecule has 0 unspecified atom stereocenters. The first-order valence-electron chi connectivity index (χ1n) is 7.70. The molecule has 1 aromatic carbocycles. The van der Waals surface area contributed by atoms with Crippen LogP contribution >= 0.6 is 0 Å². The second-order valence-corrected chi connectivity index (χ2v) is 3.81. The van der Waals surface area contributed by atoms with Gasteiger partial charge in [0.1, 0.15) is 0 Å². The summed E-state index contributed by atoms with van der Waals surface area (Å²) >= 11 is 0. The van der Waals surface area contributed by atoms with E-state index in [9.17, 15) is 0 Å². The van der Waals surface area contributed by atoms with Gasteiger partial charge in [0, 0.05) is 32.7 Å². The van der Waals surface area contributed by atoms with E-state index in [1.807, 2.05) is 45.9 Å². The first kappa shape index (κ1) is 28.4. The molecule has 20 heavy (non-hydrogen) atoms. The quantitative estimate of drug-likeness (QED) is 0.636. The van der Waals surface area contributed by atoms with Crippen LogP contribution in [0.15, 0.2) is 30.3 Å². The van der Waals surface area contributed by atoms with Crippen molar-refractivity contribution in [1.29, 1.82) is 0 Å². The molecule has 0 spiro atoms. The summed E-state index contributed by atoms with van der Waals surface area (Å²) in [5.74, 6) is 0. The van der Waals surface area contributed by atoms with E-state index >= 15 is 0 Å². The van der Waals surface area contributed by atoms with Gasteiger partial charge in [0.05, 0.1) is 0 Å². The first-order valence-corrected chi connectivity index (χ1v) is 7.70. The smallest absolute Gasteiger partial charge is 0 e. The molecule has 0 fully saturated rings. The summed E-state index contributed by atoms with van der Waals surface area (Å²) in [5, 5.41) is 0. The van der Waals surface area contributed by atoms with Crippen LogP contribution in [-0.4, -0.2) is 25.0 Å². The molecule has 1 nitrogen and oxygen atoms in total. The van der Waals surface area contributed by atoms with Crippen molar-refractivity contribution >= 4 is 0 Å². The van der Waals surface area contributed by atoms with E-state index in [-0.39, 0.29) is 32.7 Å². The Morgan fingerprint density at radius 1 is 1.00 bits per heavy atom. The Balaban J connectivity index is -0.0000000986. The van der Waals surface area contributed by atoms with Crippen LogP contribution in [-0.2, 0) is 32.7 Å². The molecular formula is C18H36NY-. The fourth-order valence-corrected chi connectivity index (χ4v) is 1.07. The van der Waals surface area contributed by atoms with Gasteiger partial charge in [-0.2, -0.15) is 0 Å². The van der Waals surface area contributed by atoms with Crippen molar-refractivity contribution in [2.45, 2.75) is 54.4 Å². The summed E-state index contributed by atoms with van der Waals surface area (Å²) in [6.45, 7) is 18.2. The van der Waals surface area contributed by atoms with Gasteiger partial charge in [0.2, 0.25) is 0 Å². The monoisotopic (exact) mass is 355 g/mol. The minimum absolute atomic E-state index is 0. The van der Waals surface area contributed by atoms with Gasteiger partial charge in [-0.1, -0.05) is 76.9 Å². The molecule has 1 aromatic rings. The van der Waals surface area contributed by atoms with Crippen LogP contribution in [0.2, 0.25) is 0 Å². The standard InChI is InChI=1S/C7H16N.C7H8.2C2H6.Y/c1-4-6-7-8(3)5-2;1-7-5-3-2-4-6-7;2*1-2;/h2,4-7H2,1,3H3;2-6H,1H3;2*1-2H3;/q-1;;;;. The van der Waals surface area contributed by atoms with Gasteiger partial charge in [-0.3, -0.25) is 0 Å². The molecule has 0 atom stereocenters. The molecule has 0 heterocycles. The Labute approximate surface area is 154 Å². The third kappa shape index (κ3) is 26.8. The molecule has 2 heteroatoms. The molecule has 1 rings (SSSR count). The SMILES string of the molecule is CC.CC.Cc1ccccc1.[CH2-]CN(C)CCCC.[Y]. The van der Waals surface area contributed by atoms with Gasteiger partial charge < -0.3 is 11.8 Å². The van der Waals surface area contributed by atoms with Crippen LogP contribution in [0, 0.1) is 13.8 Å². The van der Waals surface area contributed by atoms with Crippen LogP contribution in [0.1, 0.15) is 53.0 Å². The molecule has 117 valence electrons. The van der Waals surface area contributed by atoms with Crippen molar-refractivity contribution in [2.75, 3.05) is 20.1 Å². The van der Waals surface area contributed by atoms with Crippen LogP contribution in [0.5, 0.6) is 0 Å². The molecule has 0 aromatic heterocycles. The maximum Gasteiger partial charge on any atom is 0 e. The summed E-state index contributed by atoms with van der Waals surface area (Å²) in [6, 6.07) is 10.3. The topological polar surface area (TPSA) is 3.24 Å². The van der Waals surface area contributed by atoms with E-state index in [1.54, 1.807) is 0 Å². The summed E-state index contributed by atoms with van der Waals surface area (Å²) in [6.07, 6.45) is 2.58. The second-order valence-electron chi connectivity index (χ2n) is 3.81. The van der Waals surface area contributed by atoms with E-state index in [1.165, 1.54) is 24.9 Å². The Morgan fingerprint density at radius 2 is 1.45 bits per heavy atom. The zero-order valence-corrected chi connectivity index (χ0v) is 17.8.